The second-order valence-electron chi connectivity index (χ2n) is 9.89. The molecule has 226 valence electrons. The SMILES string of the molecule is O=C(O)c1cccc(Oc2ccc(C3(c4ccc(Oc5cccc(C(=O)O)c5C(=O)O)cc4)C=CC=CC3O)cc2)c1C(=O)O. The molecular formula is C34H24O11. The van der Waals surface area contributed by atoms with E-state index >= 15 is 0 Å². The van der Waals surface area contributed by atoms with Crippen LogP contribution in [0.5, 0.6) is 23.0 Å². The van der Waals surface area contributed by atoms with Crippen molar-refractivity contribution in [3.63, 3.8) is 0 Å². The molecule has 0 aliphatic heterocycles. The fourth-order valence-electron chi connectivity index (χ4n) is 5.21. The number of carboxylic acid groups (broad SMARTS) is 4. The minimum absolute atomic E-state index is 0.152. The summed E-state index contributed by atoms with van der Waals surface area (Å²) in [5.41, 5.74) is -1.63. The van der Waals surface area contributed by atoms with Crippen molar-refractivity contribution in [2.45, 2.75) is 11.5 Å². The van der Waals surface area contributed by atoms with Crippen molar-refractivity contribution in [1.29, 1.82) is 0 Å². The number of aliphatic hydroxyl groups is 1. The molecule has 5 N–H and O–H groups in total. The zero-order valence-electron chi connectivity index (χ0n) is 23.2. The number of aromatic carboxylic acids is 4. The van der Waals surface area contributed by atoms with Crippen LogP contribution >= 0.6 is 0 Å². The van der Waals surface area contributed by atoms with Crippen LogP contribution in [0, 0.1) is 0 Å². The zero-order valence-corrected chi connectivity index (χ0v) is 23.2. The smallest absolute Gasteiger partial charge is 0.340 e. The first-order valence-electron chi connectivity index (χ1n) is 13.3. The number of allylic oxidation sites excluding steroid dienone is 2. The third-order valence-electron chi connectivity index (χ3n) is 7.29. The highest BCUT2D eigenvalue weighted by Crippen LogP contribution is 2.42. The monoisotopic (exact) mass is 608 g/mol. The van der Waals surface area contributed by atoms with E-state index in [4.69, 9.17) is 9.47 Å². The Bertz CT molecular complexity index is 1750. The number of ether oxygens (including phenoxy) is 2. The average Bonchev–Trinajstić information content (AvgIpc) is 3.01. The van der Waals surface area contributed by atoms with Crippen LogP contribution in [0.15, 0.2) is 109 Å². The minimum Gasteiger partial charge on any atom is -0.478 e. The Morgan fingerprint density at radius 3 is 1.33 bits per heavy atom. The number of rotatable bonds is 10. The van der Waals surface area contributed by atoms with Gasteiger partial charge in [0.25, 0.3) is 0 Å². The van der Waals surface area contributed by atoms with Gasteiger partial charge in [0.15, 0.2) is 0 Å². The largest absolute Gasteiger partial charge is 0.478 e. The first-order chi connectivity index (χ1) is 21.5. The molecule has 0 aromatic heterocycles. The van der Waals surface area contributed by atoms with Crippen molar-refractivity contribution in [3.05, 3.63) is 143 Å². The van der Waals surface area contributed by atoms with Crippen molar-refractivity contribution in [1.82, 2.24) is 0 Å². The van der Waals surface area contributed by atoms with E-state index < -0.39 is 57.6 Å². The lowest BCUT2D eigenvalue weighted by Gasteiger charge is -2.37. The zero-order chi connectivity index (χ0) is 32.3. The molecule has 4 aromatic carbocycles. The van der Waals surface area contributed by atoms with Gasteiger partial charge in [0.1, 0.15) is 34.1 Å². The Balaban J connectivity index is 1.47. The molecule has 0 saturated carbocycles. The summed E-state index contributed by atoms with van der Waals surface area (Å²) < 4.78 is 11.5. The number of carboxylic acids is 4. The van der Waals surface area contributed by atoms with Crippen LogP contribution in [-0.2, 0) is 5.41 Å². The topological polar surface area (TPSA) is 188 Å². The first-order valence-corrected chi connectivity index (χ1v) is 13.3. The van der Waals surface area contributed by atoms with E-state index in [-0.39, 0.29) is 23.0 Å². The number of benzene rings is 4. The summed E-state index contributed by atoms with van der Waals surface area (Å²) in [7, 11) is 0. The van der Waals surface area contributed by atoms with Gasteiger partial charge in [-0.2, -0.15) is 0 Å². The lowest BCUT2D eigenvalue weighted by Crippen LogP contribution is -2.39. The molecule has 0 saturated heterocycles. The van der Waals surface area contributed by atoms with Gasteiger partial charge in [0, 0.05) is 0 Å². The summed E-state index contributed by atoms with van der Waals surface area (Å²) in [4.78, 5) is 46.7. The lowest BCUT2D eigenvalue weighted by molar-refractivity contribution is 0.0649. The van der Waals surface area contributed by atoms with E-state index in [1.807, 2.05) is 0 Å². The normalized spacial score (nSPS) is 14.8. The van der Waals surface area contributed by atoms with E-state index in [2.05, 4.69) is 0 Å². The Hall–Kier alpha value is -6.20. The van der Waals surface area contributed by atoms with Crippen molar-refractivity contribution in [3.8, 4) is 23.0 Å². The fourth-order valence-corrected chi connectivity index (χ4v) is 5.21. The molecule has 0 heterocycles. The maximum Gasteiger partial charge on any atom is 0.340 e. The molecule has 1 aliphatic rings. The van der Waals surface area contributed by atoms with Gasteiger partial charge in [-0.1, -0.05) is 60.7 Å². The molecule has 1 aliphatic carbocycles. The predicted octanol–water partition coefficient (Wildman–Crippen LogP) is 5.84. The first kappa shape index (κ1) is 30.3. The highest BCUT2D eigenvalue weighted by Gasteiger charge is 2.39. The molecule has 5 rings (SSSR count). The van der Waals surface area contributed by atoms with Crippen molar-refractivity contribution < 1.29 is 54.2 Å². The summed E-state index contributed by atoms with van der Waals surface area (Å²) in [5, 5.41) is 49.3. The quantitative estimate of drug-likeness (QED) is 0.146. The van der Waals surface area contributed by atoms with Crippen LogP contribution in [0.3, 0.4) is 0 Å². The van der Waals surface area contributed by atoms with Gasteiger partial charge in [0.2, 0.25) is 0 Å². The summed E-state index contributed by atoms with van der Waals surface area (Å²) in [6.45, 7) is 0. The van der Waals surface area contributed by atoms with E-state index in [1.165, 1.54) is 36.4 Å². The molecule has 0 bridgehead atoms. The van der Waals surface area contributed by atoms with E-state index in [0.29, 0.717) is 11.1 Å². The number of aliphatic hydroxyl groups excluding tert-OH is 1. The standard InChI is InChI=1S/C34H24O11/c35-27-9-1-2-18-34(27,19-10-14-21(15-11-19)44-25-7-3-5-23(30(36)37)28(25)32(40)41)20-12-16-22(17-13-20)45-26-8-4-6-24(31(38)39)29(26)33(42)43/h1-18,27,35H,(H,36,37)(H,38,39)(H,40,41)(H,42,43). The third-order valence-corrected chi connectivity index (χ3v) is 7.29. The van der Waals surface area contributed by atoms with E-state index in [0.717, 1.165) is 0 Å². The molecule has 0 radical (unpaired) electrons. The van der Waals surface area contributed by atoms with Gasteiger partial charge in [-0.3, -0.25) is 0 Å². The number of carbonyl (C=O) groups is 4. The van der Waals surface area contributed by atoms with Gasteiger partial charge < -0.3 is 35.0 Å². The summed E-state index contributed by atoms with van der Waals surface area (Å²) in [6.07, 6.45) is 5.87. The molecule has 0 amide bonds. The summed E-state index contributed by atoms with van der Waals surface area (Å²) in [6, 6.07) is 20.8. The van der Waals surface area contributed by atoms with E-state index in [9.17, 15) is 44.7 Å². The van der Waals surface area contributed by atoms with Gasteiger partial charge in [-0.05, 0) is 59.7 Å². The minimum atomic E-state index is -1.46. The van der Waals surface area contributed by atoms with Crippen LogP contribution in [-0.4, -0.2) is 55.5 Å². The van der Waals surface area contributed by atoms with E-state index in [1.54, 1.807) is 72.8 Å². The Kier molecular flexibility index (Phi) is 8.20. The number of hydrogen-bond donors (Lipinski definition) is 5. The van der Waals surface area contributed by atoms with Gasteiger partial charge in [0.05, 0.1) is 22.6 Å². The highest BCUT2D eigenvalue weighted by molar-refractivity contribution is 6.04. The molecular weight excluding hydrogens is 584 g/mol. The van der Waals surface area contributed by atoms with Crippen molar-refractivity contribution in [2.24, 2.45) is 0 Å². The average molecular weight is 609 g/mol. The van der Waals surface area contributed by atoms with Crippen LogP contribution in [0.25, 0.3) is 0 Å². The van der Waals surface area contributed by atoms with Crippen LogP contribution in [0.2, 0.25) is 0 Å². The summed E-state index contributed by atoms with van der Waals surface area (Å²) >= 11 is 0. The lowest BCUT2D eigenvalue weighted by atomic mass is 9.68. The Morgan fingerprint density at radius 1 is 0.556 bits per heavy atom. The molecule has 0 fully saturated rings. The Morgan fingerprint density at radius 2 is 0.978 bits per heavy atom. The molecule has 11 heteroatoms. The van der Waals surface area contributed by atoms with Crippen LogP contribution in [0.4, 0.5) is 0 Å². The summed E-state index contributed by atoms with van der Waals surface area (Å²) in [5.74, 6) is -5.58. The number of hydrogen-bond acceptors (Lipinski definition) is 7. The second kappa shape index (κ2) is 12.2. The van der Waals surface area contributed by atoms with Gasteiger partial charge in [-0.25, -0.2) is 19.2 Å². The van der Waals surface area contributed by atoms with Crippen molar-refractivity contribution in [2.75, 3.05) is 0 Å². The van der Waals surface area contributed by atoms with Gasteiger partial charge >= 0.3 is 23.9 Å². The second-order valence-corrected chi connectivity index (χ2v) is 9.89. The van der Waals surface area contributed by atoms with Crippen LogP contribution < -0.4 is 9.47 Å². The van der Waals surface area contributed by atoms with Crippen LogP contribution in [0.1, 0.15) is 52.6 Å². The molecule has 0 spiro atoms. The maximum absolute atomic E-state index is 11.8. The molecule has 11 nitrogen and oxygen atoms in total. The fraction of sp³-hybridized carbons (Fsp3) is 0.0588. The maximum atomic E-state index is 11.8. The van der Waals surface area contributed by atoms with Crippen molar-refractivity contribution >= 4 is 23.9 Å². The predicted molar refractivity (Wildman–Crippen MR) is 159 cm³/mol. The van der Waals surface area contributed by atoms with Gasteiger partial charge in [-0.15, -0.1) is 0 Å². The molecule has 45 heavy (non-hydrogen) atoms. The highest BCUT2D eigenvalue weighted by atomic mass is 16.5. The Labute approximate surface area is 255 Å². The third kappa shape index (κ3) is 5.75. The molecule has 1 atom stereocenters. The molecule has 1 unspecified atom stereocenters. The molecule has 4 aromatic rings.